The first-order chi connectivity index (χ1) is 28.0. The van der Waals surface area contributed by atoms with Gasteiger partial charge in [-0.1, -0.05) is 0 Å². The van der Waals surface area contributed by atoms with E-state index in [4.69, 9.17) is 66.3 Å². The van der Waals surface area contributed by atoms with Gasteiger partial charge in [-0.15, -0.1) is 0 Å². The second-order valence-electron chi connectivity index (χ2n) is 13.6. The van der Waals surface area contributed by atoms with Crippen LogP contribution in [-0.2, 0) is 109 Å². The average Bonchev–Trinajstić information content (AvgIpc) is 3.10. The van der Waals surface area contributed by atoms with Crippen molar-refractivity contribution in [1.82, 2.24) is 0 Å². The van der Waals surface area contributed by atoms with Gasteiger partial charge in [0.1, 0.15) is 31.5 Å². The fourth-order valence-electron chi connectivity index (χ4n) is 6.55. The highest BCUT2D eigenvalue weighted by molar-refractivity contribution is 5.70. The van der Waals surface area contributed by atoms with Crippen molar-refractivity contribution >= 4 is 53.7 Å². The minimum Gasteiger partial charge on any atom is -0.463 e. The maximum Gasteiger partial charge on any atom is 0.303 e. The standard InChI is InChI=1S/C36H50O24/c1-13-25(50-16(4)39)28(53-19(7)42)32(56-22(10)45)35(49-13)60-33-30(54-20(8)43)27(52-18(6)41)24(12-48-15(3)38)58-36(33)59-29-26(51-17(5)40)23(11-47-14(2)37)57-34(46)31(29)55-21(9)44/h13,23-36,46H,11-12H2,1-10H3/t13-,23+,24+,25+,26-,27-,28+,29-,30-,31+,32-,33+,34-,35-,36-/m0/s1. The van der Waals surface area contributed by atoms with Gasteiger partial charge in [-0.25, -0.2) is 0 Å². The van der Waals surface area contributed by atoms with Gasteiger partial charge in [-0.3, -0.25) is 43.2 Å². The Labute approximate surface area is 342 Å². The molecule has 0 aromatic rings. The maximum atomic E-state index is 12.8. The first-order valence-electron chi connectivity index (χ1n) is 18.4. The second-order valence-corrected chi connectivity index (χ2v) is 13.6. The monoisotopic (exact) mass is 866 g/mol. The Balaban J connectivity index is 2.31. The Hall–Kier alpha value is -5.01. The molecule has 0 radical (unpaired) electrons. The van der Waals surface area contributed by atoms with Gasteiger partial charge in [-0.2, -0.15) is 0 Å². The molecule has 0 saturated carbocycles. The molecule has 3 aliphatic rings. The molecule has 0 aliphatic carbocycles. The van der Waals surface area contributed by atoms with Crippen molar-refractivity contribution in [1.29, 1.82) is 0 Å². The molecule has 0 amide bonds. The molecule has 0 aromatic heterocycles. The summed E-state index contributed by atoms with van der Waals surface area (Å²) in [6, 6.07) is 0. The van der Waals surface area contributed by atoms with E-state index in [0.29, 0.717) is 0 Å². The van der Waals surface area contributed by atoms with Crippen LogP contribution in [0.4, 0.5) is 0 Å². The van der Waals surface area contributed by atoms with Gasteiger partial charge >= 0.3 is 53.7 Å². The minimum atomic E-state index is -2.07. The molecule has 15 atom stereocenters. The number of carbonyl (C=O) groups excluding carboxylic acids is 9. The predicted octanol–water partition coefficient (Wildman–Crippen LogP) is -1.41. The van der Waals surface area contributed by atoms with Crippen molar-refractivity contribution in [2.75, 3.05) is 13.2 Å². The zero-order chi connectivity index (χ0) is 45.2. The van der Waals surface area contributed by atoms with E-state index in [1.54, 1.807) is 0 Å². The number of hydrogen-bond donors (Lipinski definition) is 1. The summed E-state index contributed by atoms with van der Waals surface area (Å²) in [6.07, 6.45) is -26.0. The summed E-state index contributed by atoms with van der Waals surface area (Å²) >= 11 is 0. The molecule has 3 aliphatic heterocycles. The van der Waals surface area contributed by atoms with Crippen LogP contribution in [-0.4, -0.2) is 164 Å². The third kappa shape index (κ3) is 14.0. The summed E-state index contributed by atoms with van der Waals surface area (Å²) in [7, 11) is 0. The minimum absolute atomic E-state index is 0.652. The van der Waals surface area contributed by atoms with Gasteiger partial charge in [0.25, 0.3) is 0 Å². The molecule has 0 unspecified atom stereocenters. The summed E-state index contributed by atoms with van der Waals surface area (Å²) in [5.41, 5.74) is 0. The molecule has 0 aromatic carbocycles. The van der Waals surface area contributed by atoms with Crippen LogP contribution in [0.25, 0.3) is 0 Å². The number of aliphatic hydroxyl groups excluding tert-OH is 1. The fourth-order valence-corrected chi connectivity index (χ4v) is 6.55. The molecule has 3 rings (SSSR count). The summed E-state index contributed by atoms with van der Waals surface area (Å²) < 4.78 is 79.1. The van der Waals surface area contributed by atoms with E-state index in [1.165, 1.54) is 6.92 Å². The van der Waals surface area contributed by atoms with Crippen LogP contribution in [0.5, 0.6) is 0 Å². The number of hydrogen-bond acceptors (Lipinski definition) is 24. The zero-order valence-corrected chi connectivity index (χ0v) is 34.4. The van der Waals surface area contributed by atoms with Crippen LogP contribution in [0.1, 0.15) is 69.2 Å². The number of esters is 9. The lowest BCUT2D eigenvalue weighted by Gasteiger charge is -2.50. The van der Waals surface area contributed by atoms with Crippen LogP contribution in [0.3, 0.4) is 0 Å². The molecule has 0 spiro atoms. The molecular weight excluding hydrogens is 816 g/mol. The highest BCUT2D eigenvalue weighted by Crippen LogP contribution is 2.38. The summed E-state index contributed by atoms with van der Waals surface area (Å²) in [5, 5.41) is 11.1. The molecule has 24 heteroatoms. The molecule has 3 heterocycles. The first-order valence-corrected chi connectivity index (χ1v) is 18.4. The summed E-state index contributed by atoms with van der Waals surface area (Å²) in [5.74, 6) is -8.31. The normalized spacial score (nSPS) is 33.8. The van der Waals surface area contributed by atoms with Crippen LogP contribution >= 0.6 is 0 Å². The Morgan fingerprint density at radius 2 is 0.717 bits per heavy atom. The smallest absolute Gasteiger partial charge is 0.303 e. The van der Waals surface area contributed by atoms with Crippen LogP contribution in [0.2, 0.25) is 0 Å². The highest BCUT2D eigenvalue weighted by Gasteiger charge is 2.59. The van der Waals surface area contributed by atoms with E-state index in [9.17, 15) is 48.3 Å². The van der Waals surface area contributed by atoms with E-state index in [0.717, 1.165) is 62.3 Å². The summed E-state index contributed by atoms with van der Waals surface area (Å²) in [6.45, 7) is 9.13. The molecule has 1 N–H and O–H groups in total. The molecular formula is C36H50O24. The number of carbonyl (C=O) groups is 9. The highest BCUT2D eigenvalue weighted by atomic mass is 16.8. The lowest BCUT2D eigenvalue weighted by molar-refractivity contribution is -0.386. The van der Waals surface area contributed by atoms with E-state index < -0.39 is 159 Å². The second kappa shape index (κ2) is 22.0. The largest absolute Gasteiger partial charge is 0.463 e. The zero-order valence-electron chi connectivity index (χ0n) is 34.4. The first kappa shape index (κ1) is 49.4. The molecule has 24 nitrogen and oxygen atoms in total. The topological polar surface area (TPSA) is 303 Å². The van der Waals surface area contributed by atoms with Crippen molar-refractivity contribution in [3.05, 3.63) is 0 Å². The molecule has 0 bridgehead atoms. The third-order valence-electron chi connectivity index (χ3n) is 8.53. The molecule has 3 fully saturated rings. The van der Waals surface area contributed by atoms with Crippen molar-refractivity contribution in [3.8, 4) is 0 Å². The van der Waals surface area contributed by atoms with Gasteiger partial charge in [0.05, 0.1) is 6.10 Å². The van der Waals surface area contributed by atoms with Crippen molar-refractivity contribution in [3.63, 3.8) is 0 Å². The van der Waals surface area contributed by atoms with E-state index in [1.807, 2.05) is 0 Å². The van der Waals surface area contributed by atoms with Crippen LogP contribution in [0.15, 0.2) is 0 Å². The number of ether oxygens (including phenoxy) is 14. The Morgan fingerprint density at radius 1 is 0.383 bits per heavy atom. The van der Waals surface area contributed by atoms with Crippen LogP contribution in [0, 0.1) is 0 Å². The van der Waals surface area contributed by atoms with Gasteiger partial charge in [0.15, 0.2) is 67.7 Å². The van der Waals surface area contributed by atoms with Gasteiger partial charge in [-0.05, 0) is 6.92 Å². The van der Waals surface area contributed by atoms with E-state index >= 15 is 0 Å². The van der Waals surface area contributed by atoms with Crippen LogP contribution < -0.4 is 0 Å². The Kier molecular flexibility index (Phi) is 18.1. The SMILES string of the molecule is CC(=O)OC[C@H]1O[C@H](O)[C@H](OC(C)=O)[C@@H](O[C@@H]2O[C@H](COC(C)=O)[C@H](OC(C)=O)[C@H](OC(C)=O)[C@H]2O[C@@H]2O[C@@H](C)[C@@H](OC(C)=O)[C@@H](OC(C)=O)[C@@H]2OC(C)=O)[C@H]1OC(C)=O. The number of rotatable bonds is 15. The average molecular weight is 867 g/mol. The van der Waals surface area contributed by atoms with E-state index in [-0.39, 0.29) is 0 Å². The lowest BCUT2D eigenvalue weighted by atomic mass is 9.95. The van der Waals surface area contributed by atoms with Gasteiger partial charge in [0.2, 0.25) is 0 Å². The fraction of sp³-hybridized carbons (Fsp3) is 0.750. The van der Waals surface area contributed by atoms with Gasteiger partial charge < -0.3 is 71.4 Å². The van der Waals surface area contributed by atoms with Gasteiger partial charge in [0, 0.05) is 62.3 Å². The third-order valence-corrected chi connectivity index (χ3v) is 8.53. The van der Waals surface area contributed by atoms with E-state index in [2.05, 4.69) is 0 Å². The quantitative estimate of drug-likeness (QED) is 0.146. The predicted molar refractivity (Wildman–Crippen MR) is 186 cm³/mol. The molecule has 338 valence electrons. The van der Waals surface area contributed by atoms with Crippen molar-refractivity contribution in [2.24, 2.45) is 0 Å². The summed E-state index contributed by atoms with van der Waals surface area (Å²) in [4.78, 5) is 111. The van der Waals surface area contributed by atoms with Crippen molar-refractivity contribution in [2.45, 2.75) is 161 Å². The molecule has 3 saturated heterocycles. The number of aliphatic hydroxyl groups is 1. The Bertz CT molecular complexity index is 1600. The Morgan fingerprint density at radius 3 is 1.17 bits per heavy atom. The molecule has 60 heavy (non-hydrogen) atoms. The lowest BCUT2D eigenvalue weighted by Crippen LogP contribution is -2.68. The maximum absolute atomic E-state index is 12.8. The van der Waals surface area contributed by atoms with Crippen molar-refractivity contribution < 1.29 is 115 Å².